The minimum absolute atomic E-state index is 0.0684. The van der Waals surface area contributed by atoms with Crippen molar-refractivity contribution in [2.75, 3.05) is 26.5 Å². The van der Waals surface area contributed by atoms with Gasteiger partial charge in [0.25, 0.3) is 0 Å². The molecule has 164 valence electrons. The molecule has 2 aromatic heterocycles. The van der Waals surface area contributed by atoms with Crippen LogP contribution in [0.1, 0.15) is 5.56 Å². The number of methoxy groups -OCH3 is 2. The van der Waals surface area contributed by atoms with E-state index in [1.54, 1.807) is 18.7 Å². The smallest absolute Gasteiger partial charge is 0.230 e. The predicted octanol–water partition coefficient (Wildman–Crippen LogP) is 3.26. The molecule has 2 aromatic carbocycles. The maximum Gasteiger partial charge on any atom is 0.230 e. The van der Waals surface area contributed by atoms with Gasteiger partial charge < -0.3 is 14.8 Å². The van der Waals surface area contributed by atoms with Crippen molar-refractivity contribution in [2.45, 2.75) is 11.6 Å². The summed E-state index contributed by atoms with van der Waals surface area (Å²) < 4.78 is 12.2. The molecule has 2 heterocycles. The minimum atomic E-state index is -0.0684. The molecule has 8 nitrogen and oxygen atoms in total. The first kappa shape index (κ1) is 21.6. The number of para-hydroxylation sites is 1. The van der Waals surface area contributed by atoms with E-state index < -0.39 is 0 Å². The van der Waals surface area contributed by atoms with Crippen LogP contribution in [0, 0.1) is 0 Å². The third kappa shape index (κ3) is 5.00. The fraction of sp³-hybridized carbons (Fsp3) is 0.217. The van der Waals surface area contributed by atoms with Gasteiger partial charge in [-0.2, -0.15) is 9.61 Å². The molecule has 0 fully saturated rings. The number of carbonyl (C=O) groups is 1. The quantitative estimate of drug-likeness (QED) is 0.392. The number of rotatable bonds is 9. The molecule has 9 heteroatoms. The Hall–Kier alpha value is -3.59. The van der Waals surface area contributed by atoms with Crippen molar-refractivity contribution >= 4 is 23.3 Å². The number of fused-ring (bicyclic) bond motifs is 1. The molecule has 0 saturated heterocycles. The lowest BCUT2D eigenvalue weighted by Gasteiger charge is -2.08. The van der Waals surface area contributed by atoms with E-state index in [0.717, 1.165) is 34.7 Å². The Morgan fingerprint density at radius 2 is 1.81 bits per heavy atom. The van der Waals surface area contributed by atoms with E-state index in [-0.39, 0.29) is 11.7 Å². The summed E-state index contributed by atoms with van der Waals surface area (Å²) in [6.45, 7) is 0.558. The van der Waals surface area contributed by atoms with Crippen molar-refractivity contribution in [1.82, 2.24) is 25.1 Å². The van der Waals surface area contributed by atoms with Gasteiger partial charge in [-0.05, 0) is 48.4 Å². The van der Waals surface area contributed by atoms with Gasteiger partial charge in [-0.3, -0.25) is 4.79 Å². The molecule has 0 bridgehead atoms. The molecule has 4 aromatic rings. The maximum absolute atomic E-state index is 12.3. The van der Waals surface area contributed by atoms with Crippen molar-refractivity contribution in [3.63, 3.8) is 0 Å². The zero-order valence-electron chi connectivity index (χ0n) is 17.8. The van der Waals surface area contributed by atoms with Crippen LogP contribution < -0.4 is 14.8 Å². The summed E-state index contributed by atoms with van der Waals surface area (Å²) >= 11 is 1.30. The summed E-state index contributed by atoms with van der Waals surface area (Å²) in [6.07, 6.45) is 0.748. The highest BCUT2D eigenvalue weighted by Gasteiger charge is 2.13. The third-order valence-electron chi connectivity index (χ3n) is 4.84. The summed E-state index contributed by atoms with van der Waals surface area (Å²) in [4.78, 5) is 12.3. The first-order valence-corrected chi connectivity index (χ1v) is 11.0. The second-order valence-electron chi connectivity index (χ2n) is 6.91. The van der Waals surface area contributed by atoms with E-state index in [2.05, 4.69) is 20.6 Å². The lowest BCUT2D eigenvalue weighted by atomic mass is 10.1. The Bertz CT molecular complexity index is 1210. The molecule has 1 N–H and O–H groups in total. The van der Waals surface area contributed by atoms with Crippen molar-refractivity contribution in [3.8, 4) is 22.8 Å². The van der Waals surface area contributed by atoms with Crippen LogP contribution in [0.15, 0.2) is 65.8 Å². The van der Waals surface area contributed by atoms with E-state index >= 15 is 0 Å². The van der Waals surface area contributed by atoms with Crippen molar-refractivity contribution in [1.29, 1.82) is 0 Å². The Kier molecular flexibility index (Phi) is 6.86. The Morgan fingerprint density at radius 3 is 2.59 bits per heavy atom. The van der Waals surface area contributed by atoms with Crippen molar-refractivity contribution in [3.05, 3.63) is 66.2 Å². The van der Waals surface area contributed by atoms with E-state index in [1.807, 2.05) is 60.7 Å². The monoisotopic (exact) mass is 449 g/mol. The maximum atomic E-state index is 12.3. The molecule has 0 spiro atoms. The number of carbonyl (C=O) groups excluding carboxylic acids is 1. The number of amides is 1. The molecular formula is C23H23N5O3S. The zero-order valence-corrected chi connectivity index (χ0v) is 18.6. The summed E-state index contributed by atoms with van der Waals surface area (Å²) in [5.41, 5.74) is 3.36. The first-order chi connectivity index (χ1) is 15.7. The van der Waals surface area contributed by atoms with E-state index in [0.29, 0.717) is 17.3 Å². The van der Waals surface area contributed by atoms with Gasteiger partial charge in [0, 0.05) is 12.1 Å². The Balaban J connectivity index is 1.37. The van der Waals surface area contributed by atoms with Gasteiger partial charge in [0.1, 0.15) is 11.5 Å². The fourth-order valence-electron chi connectivity index (χ4n) is 3.18. The van der Waals surface area contributed by atoms with Gasteiger partial charge in [-0.1, -0.05) is 36.0 Å². The highest BCUT2D eigenvalue weighted by molar-refractivity contribution is 7.99. The second-order valence-corrected chi connectivity index (χ2v) is 7.85. The standard InChI is InChI=1S/C23H23N5O3S/c1-30-17-9-7-16(8-10-17)13-14-24-22(29)15-32-23-26-25-21-12-11-19(27-28(21)23)18-5-3-4-6-20(18)31-2/h3-12H,13-15H2,1-2H3,(H,24,29). The van der Waals surface area contributed by atoms with Crippen LogP contribution in [0.25, 0.3) is 16.9 Å². The highest BCUT2D eigenvalue weighted by Crippen LogP contribution is 2.28. The lowest BCUT2D eigenvalue weighted by Crippen LogP contribution is -2.27. The van der Waals surface area contributed by atoms with E-state index in [1.165, 1.54) is 11.8 Å². The normalized spacial score (nSPS) is 10.8. The van der Waals surface area contributed by atoms with Gasteiger partial charge in [0.05, 0.1) is 25.7 Å². The number of benzene rings is 2. The number of nitrogens with zero attached hydrogens (tertiary/aromatic N) is 4. The molecular weight excluding hydrogens is 426 g/mol. The molecule has 0 atom stereocenters. The molecule has 4 rings (SSSR count). The van der Waals surface area contributed by atoms with Crippen LogP contribution in [0.2, 0.25) is 0 Å². The summed E-state index contributed by atoms with van der Waals surface area (Å²) in [7, 11) is 3.27. The molecule has 0 saturated carbocycles. The van der Waals surface area contributed by atoms with Crippen LogP contribution in [0.3, 0.4) is 0 Å². The average molecular weight is 450 g/mol. The molecule has 0 radical (unpaired) electrons. The molecule has 0 unspecified atom stereocenters. The van der Waals surface area contributed by atoms with Crippen molar-refractivity contribution < 1.29 is 14.3 Å². The Labute approximate surface area is 190 Å². The molecule has 0 aliphatic heterocycles. The number of hydrogen-bond donors (Lipinski definition) is 1. The van der Waals surface area contributed by atoms with E-state index in [4.69, 9.17) is 9.47 Å². The molecule has 0 aliphatic rings. The van der Waals surface area contributed by atoms with Gasteiger partial charge in [0.15, 0.2) is 5.65 Å². The van der Waals surface area contributed by atoms with Gasteiger partial charge in [-0.15, -0.1) is 10.2 Å². The largest absolute Gasteiger partial charge is 0.497 e. The average Bonchev–Trinajstić information content (AvgIpc) is 3.25. The van der Waals surface area contributed by atoms with Crippen LogP contribution in [-0.4, -0.2) is 52.2 Å². The Morgan fingerprint density at radius 1 is 1.00 bits per heavy atom. The number of thioether (sulfide) groups is 1. The molecule has 0 aliphatic carbocycles. The third-order valence-corrected chi connectivity index (χ3v) is 5.76. The summed E-state index contributed by atoms with van der Waals surface area (Å²) in [5, 5.41) is 16.5. The van der Waals surface area contributed by atoms with Crippen LogP contribution in [0.4, 0.5) is 0 Å². The van der Waals surface area contributed by atoms with Crippen molar-refractivity contribution in [2.24, 2.45) is 0 Å². The summed E-state index contributed by atoms with van der Waals surface area (Å²) in [5.74, 6) is 1.71. The lowest BCUT2D eigenvalue weighted by molar-refractivity contribution is -0.118. The second kappa shape index (κ2) is 10.1. The first-order valence-electron chi connectivity index (χ1n) is 10.1. The van der Waals surface area contributed by atoms with Gasteiger partial charge in [-0.25, -0.2) is 0 Å². The van der Waals surface area contributed by atoms with Crippen LogP contribution >= 0.6 is 11.8 Å². The molecule has 1 amide bonds. The minimum Gasteiger partial charge on any atom is -0.497 e. The number of ether oxygens (including phenoxy) is 2. The highest BCUT2D eigenvalue weighted by atomic mass is 32.2. The topological polar surface area (TPSA) is 90.6 Å². The SMILES string of the molecule is COc1ccc(CCNC(=O)CSc2nnc3ccc(-c4ccccc4OC)nn23)cc1. The number of hydrogen-bond acceptors (Lipinski definition) is 7. The van der Waals surface area contributed by atoms with Gasteiger partial charge >= 0.3 is 0 Å². The van der Waals surface area contributed by atoms with Gasteiger partial charge in [0.2, 0.25) is 11.1 Å². The molecule has 32 heavy (non-hydrogen) atoms. The predicted molar refractivity (Wildman–Crippen MR) is 123 cm³/mol. The zero-order chi connectivity index (χ0) is 22.3. The summed E-state index contributed by atoms with van der Waals surface area (Å²) in [6, 6.07) is 19.2. The van der Waals surface area contributed by atoms with Crippen LogP contribution in [0.5, 0.6) is 11.5 Å². The fourth-order valence-corrected chi connectivity index (χ4v) is 3.90. The van der Waals surface area contributed by atoms with E-state index in [9.17, 15) is 4.79 Å². The van der Waals surface area contributed by atoms with Crippen LogP contribution in [-0.2, 0) is 11.2 Å². The number of nitrogens with one attached hydrogen (secondary N) is 1. The number of aromatic nitrogens is 4.